The average Bonchev–Trinajstić information content (AvgIpc) is 2.79. The third-order valence-corrected chi connectivity index (χ3v) is 5.35. The van der Waals surface area contributed by atoms with Gasteiger partial charge in [0.2, 0.25) is 0 Å². The van der Waals surface area contributed by atoms with Crippen LogP contribution in [0.3, 0.4) is 0 Å². The lowest BCUT2D eigenvalue weighted by Gasteiger charge is -2.19. The molecule has 0 atom stereocenters. The van der Waals surface area contributed by atoms with Gasteiger partial charge in [-0.25, -0.2) is 0 Å². The monoisotopic (exact) mass is 427 g/mol. The summed E-state index contributed by atoms with van der Waals surface area (Å²) in [6.07, 6.45) is 0. The summed E-state index contributed by atoms with van der Waals surface area (Å²) in [5, 5.41) is 3.23. The summed E-state index contributed by atoms with van der Waals surface area (Å²) in [6.45, 7) is 6.47. The quantitative estimate of drug-likeness (QED) is 0.432. The Kier molecular flexibility index (Phi) is 5.57. The van der Waals surface area contributed by atoms with E-state index in [0.29, 0.717) is 33.7 Å². The molecule has 0 fully saturated rings. The molecule has 1 N–H and O–H groups in total. The van der Waals surface area contributed by atoms with E-state index in [1.165, 1.54) is 11.6 Å². The van der Waals surface area contributed by atoms with Crippen molar-refractivity contribution < 1.29 is 13.9 Å². The molecule has 0 unspecified atom stereocenters. The second-order valence-corrected chi connectivity index (χ2v) is 8.70. The Morgan fingerprint density at radius 1 is 0.938 bits per heavy atom. The average molecular weight is 428 g/mol. The fraction of sp³-hybridized carbons (Fsp3) is 0.185. The van der Waals surface area contributed by atoms with Crippen LogP contribution in [-0.4, -0.2) is 13.0 Å². The number of rotatable bonds is 4. The number of fused-ring (bicyclic) bond motifs is 1. The van der Waals surface area contributed by atoms with Crippen molar-refractivity contribution in [1.29, 1.82) is 0 Å². The Hall–Kier alpha value is -3.86. The van der Waals surface area contributed by atoms with Gasteiger partial charge in [0.25, 0.3) is 5.91 Å². The van der Waals surface area contributed by atoms with E-state index in [0.717, 1.165) is 5.56 Å². The van der Waals surface area contributed by atoms with E-state index in [-0.39, 0.29) is 16.8 Å². The summed E-state index contributed by atoms with van der Waals surface area (Å²) in [7, 11) is 1.55. The van der Waals surface area contributed by atoms with Crippen LogP contribution >= 0.6 is 0 Å². The number of amides is 1. The van der Waals surface area contributed by atoms with E-state index in [1.807, 2.05) is 12.1 Å². The molecule has 1 heterocycles. The zero-order valence-electron chi connectivity index (χ0n) is 18.6. The Bertz CT molecular complexity index is 1340. The second kappa shape index (κ2) is 8.35. The summed E-state index contributed by atoms with van der Waals surface area (Å²) in [5.41, 5.74) is 3.37. The number of nitrogens with one attached hydrogen (secondary N) is 1. The van der Waals surface area contributed by atoms with Crippen molar-refractivity contribution in [3.63, 3.8) is 0 Å². The van der Waals surface area contributed by atoms with Gasteiger partial charge in [-0.15, -0.1) is 0 Å². The van der Waals surface area contributed by atoms with Gasteiger partial charge in [-0.2, -0.15) is 0 Å². The number of hydrogen-bond donors (Lipinski definition) is 1. The van der Waals surface area contributed by atoms with Gasteiger partial charge in [0.1, 0.15) is 17.1 Å². The summed E-state index contributed by atoms with van der Waals surface area (Å²) >= 11 is 0. The van der Waals surface area contributed by atoms with Gasteiger partial charge < -0.3 is 14.5 Å². The Labute approximate surface area is 186 Å². The van der Waals surface area contributed by atoms with Crippen LogP contribution < -0.4 is 15.5 Å². The van der Waals surface area contributed by atoms with E-state index in [1.54, 1.807) is 49.6 Å². The highest BCUT2D eigenvalue weighted by Crippen LogP contribution is 2.28. The third kappa shape index (κ3) is 4.42. The molecule has 1 aromatic heterocycles. The molecule has 32 heavy (non-hydrogen) atoms. The second-order valence-electron chi connectivity index (χ2n) is 8.70. The summed E-state index contributed by atoms with van der Waals surface area (Å²) in [4.78, 5) is 25.4. The van der Waals surface area contributed by atoms with Crippen molar-refractivity contribution in [3.8, 4) is 17.1 Å². The third-order valence-electron chi connectivity index (χ3n) is 5.35. The Balaban J connectivity index is 1.62. The zero-order chi connectivity index (χ0) is 22.9. The first kappa shape index (κ1) is 21.4. The maximum atomic E-state index is 12.8. The fourth-order valence-corrected chi connectivity index (χ4v) is 3.48. The van der Waals surface area contributed by atoms with Crippen molar-refractivity contribution in [1.82, 2.24) is 0 Å². The van der Waals surface area contributed by atoms with Crippen molar-refractivity contribution in [2.24, 2.45) is 0 Å². The minimum absolute atomic E-state index is 0.0501. The molecule has 0 saturated heterocycles. The first-order valence-electron chi connectivity index (χ1n) is 10.4. The topological polar surface area (TPSA) is 68.5 Å². The van der Waals surface area contributed by atoms with E-state index in [2.05, 4.69) is 38.2 Å². The lowest BCUT2D eigenvalue weighted by atomic mass is 9.86. The SMILES string of the molecule is COc1cccc(C(=O)Nc2ccc3oc(-c4ccc(C(C)(C)C)cc4)cc(=O)c3c2)c1. The predicted molar refractivity (Wildman–Crippen MR) is 128 cm³/mol. The van der Waals surface area contributed by atoms with E-state index >= 15 is 0 Å². The van der Waals surface area contributed by atoms with Crippen molar-refractivity contribution in [2.45, 2.75) is 26.2 Å². The van der Waals surface area contributed by atoms with E-state index < -0.39 is 0 Å². The molecule has 1 amide bonds. The first-order chi connectivity index (χ1) is 15.2. The number of anilines is 1. The summed E-state index contributed by atoms with van der Waals surface area (Å²) < 4.78 is 11.2. The molecule has 4 aromatic rings. The van der Waals surface area contributed by atoms with Crippen molar-refractivity contribution >= 4 is 22.6 Å². The molecule has 0 aliphatic rings. The lowest BCUT2D eigenvalue weighted by molar-refractivity contribution is 0.102. The van der Waals surface area contributed by atoms with Gasteiger partial charge in [0.15, 0.2) is 5.43 Å². The van der Waals surface area contributed by atoms with Gasteiger partial charge in [-0.05, 0) is 47.4 Å². The highest BCUT2D eigenvalue weighted by atomic mass is 16.5. The number of hydrogen-bond acceptors (Lipinski definition) is 4. The maximum Gasteiger partial charge on any atom is 0.255 e. The molecule has 5 heteroatoms. The minimum atomic E-state index is -0.289. The van der Waals surface area contributed by atoms with Crippen LogP contribution in [0, 0.1) is 0 Å². The normalized spacial score (nSPS) is 11.4. The predicted octanol–water partition coefficient (Wildman–Crippen LogP) is 6.02. The smallest absolute Gasteiger partial charge is 0.255 e. The van der Waals surface area contributed by atoms with Crippen molar-refractivity contribution in [3.05, 3.63) is 94.1 Å². The largest absolute Gasteiger partial charge is 0.497 e. The number of carbonyl (C=O) groups is 1. The van der Waals surface area contributed by atoms with Gasteiger partial charge in [-0.1, -0.05) is 51.1 Å². The lowest BCUT2D eigenvalue weighted by Crippen LogP contribution is -2.12. The molecule has 5 nitrogen and oxygen atoms in total. The highest BCUT2D eigenvalue weighted by molar-refractivity contribution is 6.05. The molecule has 3 aromatic carbocycles. The zero-order valence-corrected chi connectivity index (χ0v) is 18.6. The minimum Gasteiger partial charge on any atom is -0.497 e. The van der Waals surface area contributed by atoms with Gasteiger partial charge in [0.05, 0.1) is 12.5 Å². The van der Waals surface area contributed by atoms with Crippen LogP contribution in [-0.2, 0) is 5.41 Å². The number of ether oxygens (including phenoxy) is 1. The molecule has 0 aliphatic heterocycles. The number of carbonyl (C=O) groups excluding carboxylic acids is 1. The van der Waals surface area contributed by atoms with Crippen LogP contribution in [0.25, 0.3) is 22.3 Å². The molecule has 0 bridgehead atoms. The first-order valence-corrected chi connectivity index (χ1v) is 10.4. The van der Waals surface area contributed by atoms with Gasteiger partial charge in [0, 0.05) is 22.9 Å². The fourth-order valence-electron chi connectivity index (χ4n) is 3.48. The Morgan fingerprint density at radius 2 is 1.69 bits per heavy atom. The molecule has 0 radical (unpaired) electrons. The summed E-state index contributed by atoms with van der Waals surface area (Å²) in [5.74, 6) is 0.819. The van der Waals surface area contributed by atoms with Crippen LogP contribution in [0.1, 0.15) is 36.7 Å². The molecular formula is C27H25NO4. The van der Waals surface area contributed by atoms with Crippen LogP contribution in [0.5, 0.6) is 5.75 Å². The van der Waals surface area contributed by atoms with Gasteiger partial charge >= 0.3 is 0 Å². The molecule has 0 saturated carbocycles. The molecule has 0 spiro atoms. The maximum absolute atomic E-state index is 12.8. The molecule has 162 valence electrons. The van der Waals surface area contributed by atoms with Crippen LogP contribution in [0.4, 0.5) is 5.69 Å². The molecular weight excluding hydrogens is 402 g/mol. The molecule has 0 aliphatic carbocycles. The Morgan fingerprint density at radius 3 is 2.38 bits per heavy atom. The highest BCUT2D eigenvalue weighted by Gasteiger charge is 2.15. The summed E-state index contributed by atoms with van der Waals surface area (Å²) in [6, 6.07) is 21.4. The van der Waals surface area contributed by atoms with Crippen LogP contribution in [0.15, 0.2) is 82.0 Å². The van der Waals surface area contributed by atoms with Crippen LogP contribution in [0.2, 0.25) is 0 Å². The van der Waals surface area contributed by atoms with Crippen molar-refractivity contribution in [2.75, 3.05) is 12.4 Å². The molecule has 4 rings (SSSR count). The van der Waals surface area contributed by atoms with Gasteiger partial charge in [-0.3, -0.25) is 9.59 Å². The van der Waals surface area contributed by atoms with E-state index in [9.17, 15) is 9.59 Å². The number of benzene rings is 3. The van der Waals surface area contributed by atoms with E-state index in [4.69, 9.17) is 9.15 Å². The number of methoxy groups -OCH3 is 1. The standard InChI is InChI=1S/C27H25NO4/c1-27(2,3)19-10-8-17(9-11-19)25-16-23(29)22-15-20(12-13-24(22)32-25)28-26(30)18-6-5-7-21(14-18)31-4/h5-16H,1-4H3,(H,28,30).